The fraction of sp³-hybridized carbons (Fsp3) is 0.632. The summed E-state index contributed by atoms with van der Waals surface area (Å²) >= 11 is 0. The summed E-state index contributed by atoms with van der Waals surface area (Å²) in [6.45, 7) is 6.57. The van der Waals surface area contributed by atoms with E-state index < -0.39 is 0 Å². The lowest BCUT2D eigenvalue weighted by molar-refractivity contribution is -0.883. The van der Waals surface area contributed by atoms with E-state index in [1.165, 1.54) is 0 Å². The van der Waals surface area contributed by atoms with E-state index in [4.69, 9.17) is 4.98 Å². The highest BCUT2D eigenvalue weighted by atomic mass is 16.5. The number of fused-ring (bicyclic) bond motifs is 3. The minimum Gasteiger partial charge on any atom is -0.632 e. The van der Waals surface area contributed by atoms with Gasteiger partial charge in [0.25, 0.3) is 0 Å². The maximum atomic E-state index is 13.1. The second kappa shape index (κ2) is 6.81. The van der Waals surface area contributed by atoms with Crippen molar-refractivity contribution in [3.8, 4) is 0 Å². The fourth-order valence-electron chi connectivity index (χ4n) is 4.25. The number of quaternary nitrogens is 1. The van der Waals surface area contributed by atoms with Crippen LogP contribution in [0.4, 0.5) is 5.95 Å². The Morgan fingerprint density at radius 3 is 2.65 bits per heavy atom. The van der Waals surface area contributed by atoms with Crippen molar-refractivity contribution in [3.05, 3.63) is 29.5 Å². The third kappa shape index (κ3) is 3.44. The van der Waals surface area contributed by atoms with Crippen LogP contribution in [0.1, 0.15) is 6.42 Å². The van der Waals surface area contributed by atoms with Gasteiger partial charge >= 0.3 is 0 Å². The number of hydroxylamine groups is 3. The van der Waals surface area contributed by atoms with Gasteiger partial charge in [0.1, 0.15) is 6.54 Å². The molecule has 7 nitrogen and oxygen atoms in total. The van der Waals surface area contributed by atoms with Crippen LogP contribution in [0.5, 0.6) is 0 Å². The van der Waals surface area contributed by atoms with E-state index in [1.807, 2.05) is 18.2 Å². The first-order valence-electron chi connectivity index (χ1n) is 9.57. The van der Waals surface area contributed by atoms with Crippen LogP contribution >= 0.6 is 0 Å². The Kier molecular flexibility index (Phi) is 4.64. The number of imidazole rings is 1. The summed E-state index contributed by atoms with van der Waals surface area (Å²) in [6.07, 6.45) is 1.000. The van der Waals surface area contributed by atoms with Crippen LogP contribution in [0, 0.1) is 5.21 Å². The van der Waals surface area contributed by atoms with Gasteiger partial charge in [0.05, 0.1) is 24.1 Å². The lowest BCUT2D eigenvalue weighted by atomic mass is 10.1. The molecule has 4 rings (SSSR count). The largest absolute Gasteiger partial charge is 0.632 e. The van der Waals surface area contributed by atoms with Crippen molar-refractivity contribution < 1.29 is 4.65 Å². The molecule has 1 aromatic carbocycles. The third-order valence-electron chi connectivity index (χ3n) is 5.91. The number of anilines is 1. The number of piperazine rings is 1. The first-order valence-corrected chi connectivity index (χ1v) is 9.57. The Hall–Kier alpha value is -1.67. The van der Waals surface area contributed by atoms with Gasteiger partial charge in [-0.15, -0.1) is 0 Å². The normalized spacial score (nSPS) is 28.3. The van der Waals surface area contributed by atoms with Gasteiger partial charge in [-0.05, 0) is 25.6 Å². The molecule has 0 saturated carbocycles. The Labute approximate surface area is 155 Å². The predicted molar refractivity (Wildman–Crippen MR) is 105 cm³/mol. The molecule has 2 unspecified atom stereocenters. The molecule has 1 saturated heterocycles. The van der Waals surface area contributed by atoms with Gasteiger partial charge in [-0.2, -0.15) is 0 Å². The molecule has 0 amide bonds. The van der Waals surface area contributed by atoms with Gasteiger partial charge < -0.3 is 24.6 Å². The van der Waals surface area contributed by atoms with Crippen molar-refractivity contribution in [2.24, 2.45) is 0 Å². The molecule has 1 fully saturated rings. The average Bonchev–Trinajstić information content (AvgIpc) is 2.93. The van der Waals surface area contributed by atoms with Crippen molar-refractivity contribution in [1.82, 2.24) is 19.4 Å². The lowest BCUT2D eigenvalue weighted by Gasteiger charge is -2.40. The molecule has 2 atom stereocenters. The van der Waals surface area contributed by atoms with E-state index >= 15 is 0 Å². The van der Waals surface area contributed by atoms with Crippen LogP contribution in [0.2, 0.25) is 0 Å². The summed E-state index contributed by atoms with van der Waals surface area (Å²) in [4.78, 5) is 12.0. The second-order valence-electron chi connectivity index (χ2n) is 8.15. The van der Waals surface area contributed by atoms with Crippen LogP contribution in [-0.2, 0) is 6.67 Å². The summed E-state index contributed by atoms with van der Waals surface area (Å²) in [6, 6.07) is 8.31. The Bertz CT molecular complexity index is 764. The number of aromatic nitrogens is 2. The highest BCUT2D eigenvalue weighted by molar-refractivity contribution is 5.78. The number of benzene rings is 1. The number of para-hydroxylation sites is 2. The topological polar surface area (TPSA) is 50.6 Å². The Morgan fingerprint density at radius 2 is 1.88 bits per heavy atom. The first-order chi connectivity index (χ1) is 12.4. The molecule has 2 aliphatic rings. The molecule has 2 aromatic rings. The van der Waals surface area contributed by atoms with Gasteiger partial charge in [-0.25, -0.2) is 4.98 Å². The summed E-state index contributed by atoms with van der Waals surface area (Å²) in [7, 11) is 6.07. The highest BCUT2D eigenvalue weighted by Crippen LogP contribution is 2.29. The molecule has 0 aliphatic carbocycles. The van der Waals surface area contributed by atoms with Gasteiger partial charge in [0.15, 0.2) is 6.67 Å². The average molecular weight is 358 g/mol. The SMILES string of the molecule is CN1CCN(CCC2C[N+](C)([O-])Cn3c(nc4ccccc43)N2C)CC1. The maximum Gasteiger partial charge on any atom is 0.211 e. The molecule has 0 N–H and O–H groups in total. The van der Waals surface area contributed by atoms with Crippen LogP contribution in [0.15, 0.2) is 24.3 Å². The van der Waals surface area contributed by atoms with E-state index in [-0.39, 0.29) is 10.7 Å². The van der Waals surface area contributed by atoms with Crippen molar-refractivity contribution in [2.45, 2.75) is 19.1 Å². The van der Waals surface area contributed by atoms with Gasteiger partial charge in [0, 0.05) is 39.8 Å². The minimum absolute atomic E-state index is 0.204. The molecule has 3 heterocycles. The number of likely N-dealkylation sites (N-methyl/N-ethyl adjacent to an activating group) is 3. The smallest absolute Gasteiger partial charge is 0.211 e. The zero-order chi connectivity index (χ0) is 18.3. The first kappa shape index (κ1) is 17.7. The van der Waals surface area contributed by atoms with E-state index in [0.29, 0.717) is 13.2 Å². The fourth-order valence-corrected chi connectivity index (χ4v) is 4.25. The molecular weight excluding hydrogens is 328 g/mol. The number of nitrogens with zero attached hydrogens (tertiary/aromatic N) is 6. The zero-order valence-corrected chi connectivity index (χ0v) is 16.1. The summed E-state index contributed by atoms with van der Waals surface area (Å²) in [5, 5.41) is 13.1. The molecule has 26 heavy (non-hydrogen) atoms. The minimum atomic E-state index is -0.259. The van der Waals surface area contributed by atoms with Crippen LogP contribution in [-0.4, -0.2) is 90.5 Å². The van der Waals surface area contributed by atoms with Crippen LogP contribution in [0.3, 0.4) is 0 Å². The quantitative estimate of drug-likeness (QED) is 0.613. The van der Waals surface area contributed by atoms with Crippen molar-refractivity contribution >= 4 is 17.0 Å². The standard InChI is InChI=1S/C19H30N6O/c1-21-10-12-23(13-11-21)9-8-16-14-25(3,26)15-24-18-7-5-4-6-17(18)20-19(24)22(16)2/h4-7,16H,8-15H2,1-3H3. The van der Waals surface area contributed by atoms with E-state index in [0.717, 1.165) is 56.1 Å². The Balaban J connectivity index is 1.56. The molecular formula is C19H30N6O. The molecule has 7 heteroatoms. The lowest BCUT2D eigenvalue weighted by Crippen LogP contribution is -2.49. The second-order valence-corrected chi connectivity index (χ2v) is 8.15. The van der Waals surface area contributed by atoms with E-state index in [9.17, 15) is 5.21 Å². The molecule has 0 radical (unpaired) electrons. The number of hydrogen-bond donors (Lipinski definition) is 0. The monoisotopic (exact) mass is 358 g/mol. The molecule has 1 aromatic heterocycles. The number of rotatable bonds is 3. The van der Waals surface area contributed by atoms with Gasteiger partial charge in [-0.3, -0.25) is 4.57 Å². The zero-order valence-electron chi connectivity index (χ0n) is 16.1. The molecule has 142 valence electrons. The van der Waals surface area contributed by atoms with Gasteiger partial charge in [0.2, 0.25) is 5.95 Å². The highest BCUT2D eigenvalue weighted by Gasteiger charge is 2.32. The van der Waals surface area contributed by atoms with Crippen LogP contribution in [0.25, 0.3) is 11.0 Å². The predicted octanol–water partition coefficient (Wildman–Crippen LogP) is 1.39. The molecule has 0 bridgehead atoms. The third-order valence-corrected chi connectivity index (χ3v) is 5.91. The number of hydrogen-bond acceptors (Lipinski definition) is 5. The Morgan fingerprint density at radius 1 is 1.15 bits per heavy atom. The molecule has 0 spiro atoms. The summed E-state index contributed by atoms with van der Waals surface area (Å²) in [5.74, 6) is 0.923. The van der Waals surface area contributed by atoms with Crippen molar-refractivity contribution in [2.75, 3.05) is 65.3 Å². The van der Waals surface area contributed by atoms with Crippen molar-refractivity contribution in [3.63, 3.8) is 0 Å². The molecule has 2 aliphatic heterocycles. The van der Waals surface area contributed by atoms with Crippen molar-refractivity contribution in [1.29, 1.82) is 0 Å². The maximum absolute atomic E-state index is 13.1. The summed E-state index contributed by atoms with van der Waals surface area (Å²) in [5.41, 5.74) is 2.02. The van der Waals surface area contributed by atoms with Crippen LogP contribution < -0.4 is 4.90 Å². The summed E-state index contributed by atoms with van der Waals surface area (Å²) < 4.78 is 1.84. The van der Waals surface area contributed by atoms with E-state index in [1.54, 1.807) is 7.05 Å². The van der Waals surface area contributed by atoms with Gasteiger partial charge in [-0.1, -0.05) is 12.1 Å². The van der Waals surface area contributed by atoms with E-state index in [2.05, 4.69) is 39.4 Å².